The van der Waals surface area contributed by atoms with Crippen LogP contribution in [-0.2, 0) is 0 Å². The minimum Gasteiger partial charge on any atom is -0.204 e. The Morgan fingerprint density at radius 2 is 1.83 bits per heavy atom. The molecule has 0 N–H and O–H groups in total. The van der Waals surface area contributed by atoms with Crippen LogP contribution < -0.4 is 0 Å². The highest BCUT2D eigenvalue weighted by Gasteiger charge is 2.19. The smallest absolute Gasteiger partial charge is 0.160 e. The summed E-state index contributed by atoms with van der Waals surface area (Å²) in [5, 5.41) is 0.206. The van der Waals surface area contributed by atoms with Crippen molar-refractivity contribution in [2.75, 3.05) is 0 Å². The van der Waals surface area contributed by atoms with Gasteiger partial charge in [0.2, 0.25) is 0 Å². The SMILES string of the molecule is Cc1cc(C(Br)c2cc(F)c(F)cc2Cl)sc1Br. The first-order valence-electron chi connectivity index (χ1n) is 4.94. The van der Waals surface area contributed by atoms with Gasteiger partial charge < -0.3 is 0 Å². The number of rotatable bonds is 2. The normalized spacial score (nSPS) is 12.8. The molecule has 1 aromatic heterocycles. The number of hydrogen-bond donors (Lipinski definition) is 0. The first-order chi connectivity index (χ1) is 8.40. The van der Waals surface area contributed by atoms with Gasteiger partial charge in [0.1, 0.15) is 0 Å². The third-order valence-electron chi connectivity index (χ3n) is 2.44. The fourth-order valence-corrected chi connectivity index (χ4v) is 4.24. The van der Waals surface area contributed by atoms with E-state index in [4.69, 9.17) is 11.6 Å². The zero-order valence-corrected chi connectivity index (χ0v) is 13.9. The maximum Gasteiger partial charge on any atom is 0.160 e. The Labute approximate surface area is 129 Å². The van der Waals surface area contributed by atoms with Gasteiger partial charge in [-0.1, -0.05) is 27.5 Å². The molecule has 0 spiro atoms. The third-order valence-corrected chi connectivity index (χ3v) is 6.26. The van der Waals surface area contributed by atoms with Crippen LogP contribution in [0.25, 0.3) is 0 Å². The van der Waals surface area contributed by atoms with Gasteiger partial charge in [-0.2, -0.15) is 0 Å². The van der Waals surface area contributed by atoms with Crippen molar-refractivity contribution in [1.29, 1.82) is 0 Å². The molecule has 0 aliphatic rings. The molecular weight excluding hydrogens is 409 g/mol. The second-order valence-corrected chi connectivity index (χ2v) is 7.48. The molecule has 0 saturated heterocycles. The van der Waals surface area contributed by atoms with E-state index in [1.165, 1.54) is 11.3 Å². The Morgan fingerprint density at radius 1 is 1.22 bits per heavy atom. The first-order valence-corrected chi connectivity index (χ1v) is 7.84. The quantitative estimate of drug-likeness (QED) is 0.402. The van der Waals surface area contributed by atoms with Crippen LogP contribution in [0.4, 0.5) is 8.78 Å². The van der Waals surface area contributed by atoms with E-state index in [-0.39, 0.29) is 9.85 Å². The van der Waals surface area contributed by atoms with Crippen LogP contribution in [-0.4, -0.2) is 0 Å². The van der Waals surface area contributed by atoms with Crippen LogP contribution in [0.3, 0.4) is 0 Å². The van der Waals surface area contributed by atoms with Crippen LogP contribution in [0.1, 0.15) is 20.8 Å². The molecule has 1 aromatic carbocycles. The minimum absolute atomic E-state index is 0.206. The van der Waals surface area contributed by atoms with Gasteiger partial charge in [-0.15, -0.1) is 11.3 Å². The van der Waals surface area contributed by atoms with Crippen LogP contribution in [0.2, 0.25) is 5.02 Å². The van der Waals surface area contributed by atoms with Gasteiger partial charge in [-0.3, -0.25) is 0 Å². The summed E-state index contributed by atoms with van der Waals surface area (Å²) >= 11 is 14.4. The largest absolute Gasteiger partial charge is 0.204 e. The van der Waals surface area contributed by atoms with Crippen molar-refractivity contribution >= 4 is 54.8 Å². The van der Waals surface area contributed by atoms with E-state index in [0.29, 0.717) is 5.56 Å². The average Bonchev–Trinajstić information content (AvgIpc) is 2.63. The Balaban J connectivity index is 2.45. The maximum atomic E-state index is 13.3. The summed E-state index contributed by atoms with van der Waals surface area (Å²) in [4.78, 5) is 0.724. The number of aryl methyl sites for hydroxylation is 1. The van der Waals surface area contributed by atoms with Crippen molar-refractivity contribution in [3.05, 3.63) is 54.6 Å². The molecule has 0 radical (unpaired) electrons. The van der Waals surface area contributed by atoms with Gasteiger partial charge in [-0.05, 0) is 52.2 Å². The van der Waals surface area contributed by atoms with Crippen LogP contribution in [0.15, 0.2) is 22.0 Å². The number of alkyl halides is 1. The highest BCUT2D eigenvalue weighted by atomic mass is 79.9. The molecule has 0 aliphatic heterocycles. The van der Waals surface area contributed by atoms with E-state index in [1.54, 1.807) is 0 Å². The average molecular weight is 417 g/mol. The van der Waals surface area contributed by atoms with E-state index >= 15 is 0 Å². The lowest BCUT2D eigenvalue weighted by atomic mass is 10.1. The Bertz CT molecular complexity index is 579. The number of hydrogen-bond acceptors (Lipinski definition) is 1. The predicted octanol–water partition coefficient (Wildman–Crippen LogP) is 6.23. The van der Waals surface area contributed by atoms with Gasteiger partial charge in [0, 0.05) is 9.90 Å². The van der Waals surface area contributed by atoms with Crippen LogP contribution in [0.5, 0.6) is 0 Å². The van der Waals surface area contributed by atoms with Crippen molar-refractivity contribution in [3.63, 3.8) is 0 Å². The summed E-state index contributed by atoms with van der Waals surface area (Å²) < 4.78 is 27.3. The molecule has 0 fully saturated rings. The summed E-state index contributed by atoms with van der Waals surface area (Å²) in [6.07, 6.45) is 0. The van der Waals surface area contributed by atoms with Crippen LogP contribution in [0, 0.1) is 18.6 Å². The standard InChI is InChI=1S/C12H7Br2ClF2S/c1-5-2-10(18-12(5)14)11(13)6-3-8(16)9(17)4-7(6)15/h2-4,11H,1H3. The lowest BCUT2D eigenvalue weighted by molar-refractivity contribution is 0.507. The maximum absolute atomic E-state index is 13.3. The van der Waals surface area contributed by atoms with Gasteiger partial charge in [0.05, 0.1) is 8.61 Å². The van der Waals surface area contributed by atoms with Gasteiger partial charge in [0.15, 0.2) is 11.6 Å². The molecule has 2 aromatic rings. The second kappa shape index (κ2) is 5.57. The summed E-state index contributed by atoms with van der Waals surface area (Å²) in [5.74, 6) is -1.84. The van der Waals surface area contributed by atoms with Gasteiger partial charge >= 0.3 is 0 Å². The molecule has 6 heteroatoms. The number of halogens is 5. The van der Waals surface area contributed by atoms with Crippen molar-refractivity contribution in [3.8, 4) is 0 Å². The van der Waals surface area contributed by atoms with Crippen LogP contribution >= 0.6 is 54.8 Å². The fourth-order valence-electron chi connectivity index (χ4n) is 1.49. The summed E-state index contributed by atoms with van der Waals surface area (Å²) in [6, 6.07) is 4.10. The van der Waals surface area contributed by atoms with E-state index < -0.39 is 11.6 Å². The van der Waals surface area contributed by atoms with E-state index in [0.717, 1.165) is 26.4 Å². The molecule has 96 valence electrons. The topological polar surface area (TPSA) is 0 Å². The Hall–Kier alpha value is 0.0300. The predicted molar refractivity (Wildman–Crippen MR) is 78.9 cm³/mol. The molecule has 0 amide bonds. The zero-order valence-electron chi connectivity index (χ0n) is 9.11. The second-order valence-electron chi connectivity index (χ2n) is 3.76. The van der Waals surface area contributed by atoms with E-state index in [2.05, 4.69) is 31.9 Å². The minimum atomic E-state index is -0.938. The lowest BCUT2D eigenvalue weighted by Gasteiger charge is -2.10. The molecule has 2 rings (SSSR count). The number of benzene rings is 1. The summed E-state index contributed by atoms with van der Waals surface area (Å²) in [7, 11) is 0. The lowest BCUT2D eigenvalue weighted by Crippen LogP contribution is -1.95. The van der Waals surface area contributed by atoms with Crippen molar-refractivity contribution in [1.82, 2.24) is 0 Å². The highest BCUT2D eigenvalue weighted by molar-refractivity contribution is 9.11. The Kier molecular flexibility index (Phi) is 4.47. The summed E-state index contributed by atoms with van der Waals surface area (Å²) in [5.41, 5.74) is 1.61. The van der Waals surface area contributed by atoms with Crippen molar-refractivity contribution < 1.29 is 8.78 Å². The van der Waals surface area contributed by atoms with Gasteiger partial charge in [0.25, 0.3) is 0 Å². The van der Waals surface area contributed by atoms with Crippen molar-refractivity contribution in [2.24, 2.45) is 0 Å². The molecular formula is C12H7Br2ClF2S. The monoisotopic (exact) mass is 414 g/mol. The molecule has 0 nitrogen and oxygen atoms in total. The molecule has 0 saturated carbocycles. The van der Waals surface area contributed by atoms with E-state index in [1.807, 2.05) is 13.0 Å². The zero-order chi connectivity index (χ0) is 13.4. The van der Waals surface area contributed by atoms with E-state index in [9.17, 15) is 8.78 Å². The molecule has 0 bridgehead atoms. The molecule has 1 heterocycles. The first kappa shape index (κ1) is 14.4. The highest BCUT2D eigenvalue weighted by Crippen LogP contribution is 2.41. The van der Waals surface area contributed by atoms with Gasteiger partial charge in [-0.25, -0.2) is 8.78 Å². The van der Waals surface area contributed by atoms with Crippen molar-refractivity contribution in [2.45, 2.75) is 11.8 Å². The molecule has 18 heavy (non-hydrogen) atoms. The number of thiophene rings is 1. The Morgan fingerprint density at radius 3 is 2.39 bits per heavy atom. The fraction of sp³-hybridized carbons (Fsp3) is 0.167. The summed E-state index contributed by atoms with van der Waals surface area (Å²) in [6.45, 7) is 1.97. The third kappa shape index (κ3) is 2.79. The molecule has 1 atom stereocenters. The molecule has 0 aliphatic carbocycles. The molecule has 1 unspecified atom stereocenters.